The molecular weight excluding hydrogens is 306 g/mol. The Balaban J connectivity index is 1.80. The Labute approximate surface area is 144 Å². The third-order valence-electron chi connectivity index (χ3n) is 4.57. The molecule has 1 saturated heterocycles. The van der Waals surface area contributed by atoms with Crippen LogP contribution in [-0.4, -0.2) is 75.7 Å². The number of anilines is 1. The minimum Gasteiger partial charge on any atom is -0.391 e. The summed E-state index contributed by atoms with van der Waals surface area (Å²) in [6.07, 6.45) is 2.86. The molecule has 1 fully saturated rings. The largest absolute Gasteiger partial charge is 0.391 e. The number of hydrogen-bond acceptors (Lipinski definition) is 6. The molecule has 0 saturated carbocycles. The van der Waals surface area contributed by atoms with Gasteiger partial charge >= 0.3 is 0 Å². The van der Waals surface area contributed by atoms with E-state index in [1.165, 1.54) is 0 Å². The van der Waals surface area contributed by atoms with Gasteiger partial charge in [-0.15, -0.1) is 0 Å². The van der Waals surface area contributed by atoms with Gasteiger partial charge in [-0.3, -0.25) is 19.9 Å². The first-order valence-corrected chi connectivity index (χ1v) is 8.49. The highest BCUT2D eigenvalue weighted by Gasteiger charge is 2.29. The van der Waals surface area contributed by atoms with Crippen molar-refractivity contribution in [1.82, 2.24) is 19.8 Å². The van der Waals surface area contributed by atoms with Gasteiger partial charge in [-0.05, 0) is 18.4 Å². The molecule has 2 unspecified atom stereocenters. The van der Waals surface area contributed by atoms with E-state index < -0.39 is 0 Å². The molecule has 0 aliphatic carbocycles. The van der Waals surface area contributed by atoms with E-state index in [0.29, 0.717) is 12.5 Å². The predicted octanol–water partition coefficient (Wildman–Crippen LogP) is 0.828. The minimum atomic E-state index is -0.347. The van der Waals surface area contributed by atoms with Gasteiger partial charge in [-0.25, -0.2) is 9.97 Å². The zero-order chi connectivity index (χ0) is 17.7. The fourth-order valence-electron chi connectivity index (χ4n) is 2.60. The number of piperazine rings is 1. The SMILES string of the molecule is CC(C(=O)Nc1ncccn1)N1CCN(CC(O)C(C)(C)C)CC1. The van der Waals surface area contributed by atoms with Crippen molar-refractivity contribution < 1.29 is 9.90 Å². The Morgan fingerprint density at radius 1 is 1.25 bits per heavy atom. The molecule has 1 aromatic heterocycles. The molecule has 0 radical (unpaired) electrons. The highest BCUT2D eigenvalue weighted by atomic mass is 16.3. The Bertz CT molecular complexity index is 524. The second-order valence-electron chi connectivity index (χ2n) is 7.46. The van der Waals surface area contributed by atoms with Crippen molar-refractivity contribution in [3.05, 3.63) is 18.5 Å². The van der Waals surface area contributed by atoms with E-state index in [1.807, 2.05) is 27.7 Å². The lowest BCUT2D eigenvalue weighted by atomic mass is 9.89. The number of aromatic nitrogens is 2. The first-order chi connectivity index (χ1) is 11.3. The second kappa shape index (κ2) is 8.00. The topological polar surface area (TPSA) is 81.6 Å². The molecule has 0 bridgehead atoms. The van der Waals surface area contributed by atoms with Gasteiger partial charge < -0.3 is 5.11 Å². The molecule has 2 rings (SSSR count). The second-order valence-corrected chi connectivity index (χ2v) is 7.46. The number of rotatable bonds is 5. The van der Waals surface area contributed by atoms with Crippen LogP contribution in [0.4, 0.5) is 5.95 Å². The highest BCUT2D eigenvalue weighted by Crippen LogP contribution is 2.20. The molecule has 7 nitrogen and oxygen atoms in total. The summed E-state index contributed by atoms with van der Waals surface area (Å²) < 4.78 is 0. The van der Waals surface area contributed by atoms with Crippen LogP contribution >= 0.6 is 0 Å². The zero-order valence-corrected chi connectivity index (χ0v) is 15.1. The van der Waals surface area contributed by atoms with Crippen LogP contribution in [0.15, 0.2) is 18.5 Å². The van der Waals surface area contributed by atoms with E-state index in [2.05, 4.69) is 25.1 Å². The van der Waals surface area contributed by atoms with Crippen molar-refractivity contribution in [2.24, 2.45) is 5.41 Å². The van der Waals surface area contributed by atoms with E-state index in [-0.39, 0.29) is 23.5 Å². The molecule has 134 valence electrons. The fraction of sp³-hybridized carbons (Fsp3) is 0.706. The fourth-order valence-corrected chi connectivity index (χ4v) is 2.60. The van der Waals surface area contributed by atoms with Crippen LogP contribution in [-0.2, 0) is 4.79 Å². The smallest absolute Gasteiger partial charge is 0.243 e. The number of carbonyl (C=O) groups excluding carboxylic acids is 1. The maximum atomic E-state index is 12.3. The van der Waals surface area contributed by atoms with Gasteiger partial charge in [0.25, 0.3) is 0 Å². The lowest BCUT2D eigenvalue weighted by Gasteiger charge is -2.39. The molecule has 1 amide bonds. The maximum Gasteiger partial charge on any atom is 0.243 e. The summed E-state index contributed by atoms with van der Waals surface area (Å²) >= 11 is 0. The molecule has 0 spiro atoms. The van der Waals surface area contributed by atoms with Crippen LogP contribution in [0.25, 0.3) is 0 Å². The minimum absolute atomic E-state index is 0.0932. The normalized spacial score (nSPS) is 19.7. The average molecular weight is 335 g/mol. The van der Waals surface area contributed by atoms with Crippen LogP contribution in [0.1, 0.15) is 27.7 Å². The Morgan fingerprint density at radius 2 is 1.83 bits per heavy atom. The highest BCUT2D eigenvalue weighted by molar-refractivity contribution is 5.93. The van der Waals surface area contributed by atoms with Gasteiger partial charge in [0.1, 0.15) is 0 Å². The third kappa shape index (κ3) is 5.22. The lowest BCUT2D eigenvalue weighted by Crippen LogP contribution is -2.54. The standard InChI is InChI=1S/C17H29N5O2/c1-13(15(24)20-16-18-6-5-7-19-16)22-10-8-21(9-11-22)12-14(23)17(2,3)4/h5-7,13-14,23H,8-12H2,1-4H3,(H,18,19,20,24). The zero-order valence-electron chi connectivity index (χ0n) is 15.1. The number of β-amino-alcohol motifs (C(OH)–C–C–N with tert-alkyl or cyclic N) is 1. The first-order valence-electron chi connectivity index (χ1n) is 8.49. The van der Waals surface area contributed by atoms with Crippen molar-refractivity contribution >= 4 is 11.9 Å². The number of carbonyl (C=O) groups is 1. The number of hydrogen-bond donors (Lipinski definition) is 2. The van der Waals surface area contributed by atoms with Crippen molar-refractivity contribution in [2.45, 2.75) is 39.8 Å². The number of amides is 1. The summed E-state index contributed by atoms with van der Waals surface area (Å²) in [6.45, 7) is 12.0. The maximum absolute atomic E-state index is 12.3. The number of aliphatic hydroxyl groups excluding tert-OH is 1. The van der Waals surface area contributed by atoms with E-state index in [9.17, 15) is 9.90 Å². The molecule has 1 aliphatic rings. The van der Waals surface area contributed by atoms with Gasteiger partial charge in [0.2, 0.25) is 11.9 Å². The van der Waals surface area contributed by atoms with E-state index in [4.69, 9.17) is 0 Å². The number of nitrogens with one attached hydrogen (secondary N) is 1. The van der Waals surface area contributed by atoms with Crippen LogP contribution in [0.5, 0.6) is 0 Å². The molecule has 2 heterocycles. The van der Waals surface area contributed by atoms with Gasteiger partial charge in [-0.1, -0.05) is 20.8 Å². The average Bonchev–Trinajstić information content (AvgIpc) is 2.55. The lowest BCUT2D eigenvalue weighted by molar-refractivity contribution is -0.121. The Kier molecular flexibility index (Phi) is 6.26. The molecule has 24 heavy (non-hydrogen) atoms. The van der Waals surface area contributed by atoms with Crippen molar-refractivity contribution in [2.75, 3.05) is 38.0 Å². The molecule has 1 aliphatic heterocycles. The van der Waals surface area contributed by atoms with Gasteiger partial charge in [0.15, 0.2) is 0 Å². The van der Waals surface area contributed by atoms with Crippen molar-refractivity contribution in [1.29, 1.82) is 0 Å². The Hall–Kier alpha value is -1.57. The third-order valence-corrected chi connectivity index (χ3v) is 4.57. The van der Waals surface area contributed by atoms with Crippen LogP contribution < -0.4 is 5.32 Å². The van der Waals surface area contributed by atoms with E-state index in [1.54, 1.807) is 18.5 Å². The van der Waals surface area contributed by atoms with Crippen LogP contribution in [0.2, 0.25) is 0 Å². The first kappa shape index (κ1) is 18.8. The summed E-state index contributed by atoms with van der Waals surface area (Å²) in [5, 5.41) is 13.0. The molecule has 1 aromatic rings. The van der Waals surface area contributed by atoms with Crippen molar-refractivity contribution in [3.63, 3.8) is 0 Å². The van der Waals surface area contributed by atoms with Crippen LogP contribution in [0, 0.1) is 5.41 Å². The summed E-state index contributed by atoms with van der Waals surface area (Å²) in [4.78, 5) is 24.8. The van der Waals surface area contributed by atoms with Crippen molar-refractivity contribution in [3.8, 4) is 0 Å². The molecule has 2 atom stereocenters. The van der Waals surface area contributed by atoms with Crippen LogP contribution in [0.3, 0.4) is 0 Å². The summed E-state index contributed by atoms with van der Waals surface area (Å²) in [5.74, 6) is 0.241. The quantitative estimate of drug-likeness (QED) is 0.829. The number of aliphatic hydroxyl groups is 1. The monoisotopic (exact) mass is 335 g/mol. The molecule has 0 aromatic carbocycles. The van der Waals surface area contributed by atoms with E-state index in [0.717, 1.165) is 26.2 Å². The Morgan fingerprint density at radius 3 is 2.38 bits per heavy atom. The molecule has 7 heteroatoms. The van der Waals surface area contributed by atoms with Gasteiger partial charge in [-0.2, -0.15) is 0 Å². The summed E-state index contributed by atoms with van der Waals surface area (Å²) in [6, 6.07) is 1.48. The molecular formula is C17H29N5O2. The van der Waals surface area contributed by atoms with E-state index >= 15 is 0 Å². The van der Waals surface area contributed by atoms with Gasteiger partial charge in [0.05, 0.1) is 12.1 Å². The number of nitrogens with zero attached hydrogens (tertiary/aromatic N) is 4. The summed E-state index contributed by atoms with van der Waals surface area (Å²) in [7, 11) is 0. The summed E-state index contributed by atoms with van der Waals surface area (Å²) in [5.41, 5.74) is -0.111. The van der Waals surface area contributed by atoms with Gasteiger partial charge in [0, 0.05) is 45.1 Å². The molecule has 2 N–H and O–H groups in total. The predicted molar refractivity (Wildman–Crippen MR) is 93.6 cm³/mol.